The normalized spacial score (nSPS) is 18.2. The number of aromatic nitrogens is 2. The number of rotatable bonds is 19. The standard InChI is InChI=1S/C19H26BrNO3.C19H25NO3.C19H23NO3.C11H11BrO3.C9H13NO.C8H17NO.C8H11NO.B5.B4.B3.B2.B/c1-12(14-8-10-15(22)11-9-14)21-13(2)18(19(23)24-3)16-6-4-5-7-17(16)20;2*1-12(14-8-10-15(21)11-9-14)20-13(2)18(19(22)23-3)16-6-4-5-7-17(16)20;1-7(13)10(11(14)15-2)8-5-3-4-6-9(8)12;1-7(10)8-3-5-9(11-2)6-4-8;2*1-6(9)7-2-4-8(10)5-3-7;1-4-5(2)3;1-4(2)3;1-3-2;1-2;/h4-7,12,14-15,21-22H,8-11H2,1-3H3;4-7,12,14-15,21H,8-11H2,1-3H3;4-7,12,14H,8-11H2,1-3H3;3-6,10H,1-2H3;3-7H,10H2,1-2H3;6-8,10H,2-5,9H2,1H3;2-6,10H,9H2,1H3;;;;;/b18-13+;;;;;;;;;;;/t2*12-,14?,15?;12-;;7-;6-,7?,8?;6-;;;;;/m111.111...../s1. The van der Waals surface area contributed by atoms with Crippen LogP contribution in [-0.2, 0) is 38.1 Å². The minimum atomic E-state index is -0.842. The average Bonchev–Trinajstić information content (AvgIpc) is 1.61. The van der Waals surface area contributed by atoms with Crippen LogP contribution in [-0.4, -0.2) is 244 Å². The number of nitrogens with two attached hydrogens (primary N) is 3. The SMILES string of the molecule is COC(=O)/C(=C(\C)N[C@H](C)C1CCC(O)CC1)c1ccccc1Br.COC(=O)C(C(C)=O)c1ccccc1Br.COC(=O)c1c(C)n([C@H](C)C2CCC(=O)CC2)c2ccccc12.COC(=O)c1c(C)n([C@H](C)C2CCC(O)CC2)c2ccccc12.COc1ccc([C@@H](C)N)cc1.C[C@@H](N)C1CCC(O)CC1.C[C@@H](N)c1ccc(O)cc1.[B].[B]B([B])[B].[B][B].[B][B]B([B])[B].[B][B][B]. The number of methoxy groups -OCH3 is 5. The van der Waals surface area contributed by atoms with Crippen LogP contribution in [0, 0.1) is 37.5 Å². The Morgan fingerprint density at radius 2 is 0.870 bits per heavy atom. The fourth-order valence-electron chi connectivity index (χ4n) is 16.0. The molecule has 0 amide bonds. The molecule has 7 atom stereocenters. The van der Waals surface area contributed by atoms with Gasteiger partial charge in [-0.15, -0.1) is 0 Å². The van der Waals surface area contributed by atoms with Gasteiger partial charge in [0.15, 0.2) is 0 Å². The first-order valence-corrected chi connectivity index (χ1v) is 45.4. The van der Waals surface area contributed by atoms with Gasteiger partial charge in [-0.2, -0.15) is 0 Å². The lowest BCUT2D eigenvalue weighted by Gasteiger charge is -2.32. The van der Waals surface area contributed by atoms with E-state index in [2.05, 4.69) is 145 Å². The zero-order chi connectivity index (χ0) is 98.2. The maximum Gasteiger partial charge on any atom is 0.340 e. The Bertz CT molecular complexity index is 4680. The molecular weight excluding hydrogens is 1760 g/mol. The van der Waals surface area contributed by atoms with E-state index >= 15 is 0 Å². The lowest BCUT2D eigenvalue weighted by Crippen LogP contribution is -2.36. The molecule has 2 heterocycles. The quantitative estimate of drug-likeness (QED) is 0.0123. The molecule has 677 valence electrons. The van der Waals surface area contributed by atoms with Crippen molar-refractivity contribution < 1.29 is 72.9 Å². The number of nitrogens with one attached hydrogen (secondary N) is 1. The fraction of sp³-hybridized carbons (Fsp3) is 0.484. The zero-order valence-corrected chi connectivity index (χ0v) is 82.2. The van der Waals surface area contributed by atoms with Gasteiger partial charge in [-0.05, 0) is 248 Å². The maximum absolute atomic E-state index is 12.3. The molecule has 12 rings (SSSR count). The van der Waals surface area contributed by atoms with E-state index < -0.39 is 24.7 Å². The van der Waals surface area contributed by atoms with E-state index in [1.165, 1.54) is 42.4 Å². The van der Waals surface area contributed by atoms with E-state index in [0.29, 0.717) is 76.6 Å². The number of carbonyl (C=O) groups is 6. The van der Waals surface area contributed by atoms with Gasteiger partial charge in [0.1, 0.15) is 29.0 Å². The van der Waals surface area contributed by atoms with Crippen LogP contribution in [0.2, 0.25) is 0 Å². The maximum atomic E-state index is 12.3. The van der Waals surface area contributed by atoms with Crippen LogP contribution in [0.25, 0.3) is 27.4 Å². The van der Waals surface area contributed by atoms with E-state index in [1.807, 2.05) is 138 Å². The number of aliphatic hydroxyl groups is 3. The molecule has 0 spiro atoms. The van der Waals surface area contributed by atoms with Gasteiger partial charge in [0.05, 0.1) is 70.6 Å². The number of fused-ring (bicyclic) bond motifs is 2. The van der Waals surface area contributed by atoms with Crippen LogP contribution < -0.4 is 27.3 Å². The monoisotopic (exact) mass is 1890 g/mol. The second kappa shape index (κ2) is 65.2. The number of ether oxygens (including phenoxy) is 5. The van der Waals surface area contributed by atoms with Crippen LogP contribution in [0.4, 0.5) is 0 Å². The Morgan fingerprint density at radius 1 is 0.511 bits per heavy atom. The van der Waals surface area contributed by atoms with Crippen molar-refractivity contribution >= 4 is 207 Å². The molecule has 6 aromatic carbocycles. The number of hydrogen-bond donors (Lipinski definition) is 8. The predicted octanol–water partition coefficient (Wildman–Crippen LogP) is 12.4. The lowest BCUT2D eigenvalue weighted by atomic mass is 8.97. The Kier molecular flexibility index (Phi) is 60.4. The number of esters is 4. The minimum Gasteiger partial charge on any atom is -0.508 e. The van der Waals surface area contributed by atoms with Gasteiger partial charge in [0.25, 0.3) is 0 Å². The summed E-state index contributed by atoms with van der Waals surface area (Å²) >= 11 is 6.82. The molecule has 0 aliphatic heterocycles. The van der Waals surface area contributed by atoms with E-state index in [9.17, 15) is 39.0 Å². The van der Waals surface area contributed by atoms with Crippen molar-refractivity contribution in [2.24, 2.45) is 40.9 Å². The third-order valence-corrected chi connectivity index (χ3v) is 24.6. The summed E-state index contributed by atoms with van der Waals surface area (Å²) in [7, 11) is 55.0. The highest BCUT2D eigenvalue weighted by molar-refractivity contribution is 9.10. The molecule has 0 bridgehead atoms. The second-order valence-electron chi connectivity index (χ2n) is 32.6. The number of phenolic OH excluding ortho intramolecular Hbond substituents is 1. The topological polar surface area (TPSA) is 329 Å². The number of hydrogen-bond acceptors (Lipinski definition) is 19. The molecule has 4 aliphatic carbocycles. The van der Waals surface area contributed by atoms with Gasteiger partial charge in [-0.25, -0.2) is 14.4 Å². The number of aromatic hydroxyl groups is 1. The summed E-state index contributed by atoms with van der Waals surface area (Å²) in [5.41, 5.74) is 27.4. The fourth-order valence-corrected chi connectivity index (χ4v) is 17.0. The summed E-state index contributed by atoms with van der Waals surface area (Å²) in [6.07, 6.45) is 13.4. The largest absolute Gasteiger partial charge is 0.508 e. The zero-order valence-electron chi connectivity index (χ0n) is 79.1. The van der Waals surface area contributed by atoms with Crippen LogP contribution >= 0.6 is 31.9 Å². The third kappa shape index (κ3) is 40.9. The lowest BCUT2D eigenvalue weighted by molar-refractivity contribution is -0.145. The molecule has 38 heteroatoms. The molecular formula is C93H126B15Br2N6O15. The average molecular weight is 1890 g/mol. The van der Waals surface area contributed by atoms with E-state index in [1.54, 1.807) is 37.4 Å². The number of aliphatic hydroxyl groups excluding tert-OH is 3. The molecule has 8 aromatic rings. The molecule has 0 saturated heterocycles. The van der Waals surface area contributed by atoms with Gasteiger partial charge in [0, 0.05) is 215 Å². The number of carbonyl (C=O) groups excluding carboxylic acids is 6. The Balaban J connectivity index is 0.000000761. The summed E-state index contributed by atoms with van der Waals surface area (Å²) in [6.45, 7) is 19.8. The number of para-hydroxylation sites is 2. The molecule has 131 heavy (non-hydrogen) atoms. The van der Waals surface area contributed by atoms with Crippen molar-refractivity contribution in [3.63, 3.8) is 0 Å². The minimum absolute atomic E-state index is 0. The molecule has 21 nitrogen and oxygen atoms in total. The van der Waals surface area contributed by atoms with Gasteiger partial charge in [-0.3, -0.25) is 14.4 Å². The van der Waals surface area contributed by atoms with Gasteiger partial charge in [0.2, 0.25) is 0 Å². The number of Topliss-reactive ketones (excluding diaryl/α,β-unsaturated/α-hetero) is 2. The first kappa shape index (κ1) is 121. The highest BCUT2D eigenvalue weighted by Crippen LogP contribution is 2.41. The van der Waals surface area contributed by atoms with Crippen molar-refractivity contribution in [3.05, 3.63) is 205 Å². The van der Waals surface area contributed by atoms with E-state index in [-0.39, 0.29) is 80.3 Å². The molecule has 1 unspecified atom stereocenters. The van der Waals surface area contributed by atoms with Crippen LogP contribution in [0.15, 0.2) is 160 Å². The van der Waals surface area contributed by atoms with Crippen molar-refractivity contribution in [2.45, 2.75) is 232 Å². The summed E-state index contributed by atoms with van der Waals surface area (Å²) in [5, 5.41) is 42.9. The van der Waals surface area contributed by atoms with Crippen molar-refractivity contribution in [1.29, 1.82) is 0 Å². The highest BCUT2D eigenvalue weighted by Gasteiger charge is 2.34. The molecule has 25 radical (unpaired) electrons. The number of phenols is 1. The van der Waals surface area contributed by atoms with E-state index in [4.69, 9.17) is 69.6 Å². The van der Waals surface area contributed by atoms with Crippen molar-refractivity contribution in [2.75, 3.05) is 35.5 Å². The number of benzene rings is 6. The first-order valence-electron chi connectivity index (χ1n) is 43.8. The third-order valence-electron chi connectivity index (χ3n) is 23.2. The Labute approximate surface area is 814 Å². The number of halogens is 2. The molecule has 4 saturated carbocycles. The number of allylic oxidation sites excluding steroid dienone is 1. The van der Waals surface area contributed by atoms with Gasteiger partial charge >= 0.3 is 23.9 Å². The van der Waals surface area contributed by atoms with Gasteiger partial charge in [-0.1, -0.05) is 129 Å². The van der Waals surface area contributed by atoms with Crippen molar-refractivity contribution in [1.82, 2.24) is 14.5 Å². The summed E-state index contributed by atoms with van der Waals surface area (Å²) in [4.78, 5) is 71.1. The summed E-state index contributed by atoms with van der Waals surface area (Å²) in [6, 6.07) is 46.7. The molecule has 2 aromatic heterocycles. The van der Waals surface area contributed by atoms with Gasteiger partial charge < -0.3 is 75.8 Å². The van der Waals surface area contributed by atoms with E-state index in [0.717, 1.165) is 167 Å². The smallest absolute Gasteiger partial charge is 0.340 e. The Morgan fingerprint density at radius 3 is 1.22 bits per heavy atom. The summed E-state index contributed by atoms with van der Waals surface area (Å²) < 4.78 is 30.7. The highest BCUT2D eigenvalue weighted by atomic mass is 79.9. The van der Waals surface area contributed by atoms with Crippen molar-refractivity contribution in [3.8, 4) is 11.5 Å². The number of nitrogens with zero attached hydrogens (tertiary/aromatic N) is 2. The number of ketones is 2. The predicted molar refractivity (Wildman–Crippen MR) is 554 cm³/mol. The molecule has 4 fully saturated rings. The molecule has 11 N–H and O–H groups in total. The van der Waals surface area contributed by atoms with Crippen LogP contribution in [0.1, 0.15) is 243 Å². The summed E-state index contributed by atoms with van der Waals surface area (Å²) in [5.74, 6) is 1.16. The Hall–Kier alpha value is -7.55. The first-order chi connectivity index (χ1) is 61.6. The second-order valence-corrected chi connectivity index (χ2v) is 34.3. The van der Waals surface area contributed by atoms with Crippen LogP contribution in [0.5, 0.6) is 11.5 Å². The molecule has 4 aliphatic rings. The van der Waals surface area contributed by atoms with Crippen LogP contribution in [0.3, 0.4) is 0 Å².